The van der Waals surface area contributed by atoms with Gasteiger partial charge in [-0.15, -0.1) is 0 Å². The Hall–Kier alpha value is -0.630. The van der Waals surface area contributed by atoms with E-state index in [1.165, 1.54) is 0 Å². The predicted octanol–water partition coefficient (Wildman–Crippen LogP) is 2.08. The Labute approximate surface area is 135 Å². The van der Waals surface area contributed by atoms with Crippen LogP contribution in [0, 0.1) is 0 Å². The van der Waals surface area contributed by atoms with E-state index in [9.17, 15) is 8.42 Å². The Morgan fingerprint density at radius 3 is 2.57 bits per heavy atom. The monoisotopic (exact) mass is 344 g/mol. The van der Waals surface area contributed by atoms with E-state index in [2.05, 4.69) is 11.0 Å². The van der Waals surface area contributed by atoms with E-state index in [0.29, 0.717) is 21.6 Å². The van der Waals surface area contributed by atoms with Gasteiger partial charge in [0.2, 0.25) is 10.0 Å². The van der Waals surface area contributed by atoms with Crippen LogP contribution in [0.4, 0.5) is 0 Å². The molecule has 0 aliphatic heterocycles. The minimum absolute atomic E-state index is 0.0451. The van der Waals surface area contributed by atoms with Gasteiger partial charge in [-0.05, 0) is 43.2 Å². The van der Waals surface area contributed by atoms with E-state index in [0.717, 1.165) is 24.8 Å². The summed E-state index contributed by atoms with van der Waals surface area (Å²) in [5.41, 5.74) is 6.40. The van der Waals surface area contributed by atoms with Crippen LogP contribution in [0.5, 0.6) is 0 Å². The van der Waals surface area contributed by atoms with Gasteiger partial charge in [-0.3, -0.25) is 0 Å². The zero-order chi connectivity index (χ0) is 15.5. The smallest absolute Gasteiger partial charge is 0.240 e. The van der Waals surface area contributed by atoms with Crippen LogP contribution in [-0.4, -0.2) is 31.0 Å². The van der Waals surface area contributed by atoms with Crippen LogP contribution < -0.4 is 10.5 Å². The summed E-state index contributed by atoms with van der Waals surface area (Å²) in [5, 5.41) is 0.561. The van der Waals surface area contributed by atoms with Gasteiger partial charge in [-0.2, -0.15) is 11.8 Å². The summed E-state index contributed by atoms with van der Waals surface area (Å²) in [7, 11) is -3.44. The van der Waals surface area contributed by atoms with Crippen LogP contribution in [0.1, 0.15) is 24.8 Å². The van der Waals surface area contributed by atoms with E-state index in [1.54, 1.807) is 36.0 Å². The average Bonchev–Trinajstić information content (AvgIpc) is 2.85. The number of nitrogens with one attached hydrogen (secondary N) is 1. The average molecular weight is 345 g/mol. The lowest BCUT2D eigenvalue weighted by molar-refractivity contribution is 0.552. The molecule has 2 rings (SSSR count). The van der Waals surface area contributed by atoms with Crippen LogP contribution in [-0.2, 0) is 16.4 Å². The first-order valence-corrected chi connectivity index (χ1v) is 10.0. The third-order valence-corrected chi connectivity index (χ3v) is 6.43. The second-order valence-corrected chi connectivity index (χ2v) is 8.65. The second kappa shape index (κ2) is 7.09. The van der Waals surface area contributed by atoms with Crippen LogP contribution in [0.15, 0.2) is 29.2 Å². The molecule has 0 aromatic heterocycles. The SMILES string of the molecule is CSC1CCC(NS(=O)(=O)c2ccc(CC(N)=S)cc2)C1. The van der Waals surface area contributed by atoms with Crippen molar-refractivity contribution in [2.75, 3.05) is 6.26 Å². The molecule has 116 valence electrons. The van der Waals surface area contributed by atoms with E-state index in [4.69, 9.17) is 18.0 Å². The maximum absolute atomic E-state index is 12.3. The first kappa shape index (κ1) is 16.7. The number of thioether (sulfide) groups is 1. The topological polar surface area (TPSA) is 72.2 Å². The lowest BCUT2D eigenvalue weighted by atomic mass is 10.1. The molecule has 2 unspecified atom stereocenters. The van der Waals surface area contributed by atoms with Crippen molar-refractivity contribution in [3.05, 3.63) is 29.8 Å². The summed E-state index contributed by atoms with van der Waals surface area (Å²) in [6.07, 6.45) is 5.44. The highest BCUT2D eigenvalue weighted by Crippen LogP contribution is 2.29. The normalized spacial score (nSPS) is 22.3. The number of hydrogen-bond acceptors (Lipinski definition) is 4. The molecular formula is C14H20N2O2S3. The van der Waals surface area contributed by atoms with Crippen molar-refractivity contribution >= 4 is 39.0 Å². The number of rotatable bonds is 6. The largest absolute Gasteiger partial charge is 0.393 e. The molecule has 0 spiro atoms. The quantitative estimate of drug-likeness (QED) is 0.773. The van der Waals surface area contributed by atoms with Crippen molar-refractivity contribution in [1.82, 2.24) is 4.72 Å². The van der Waals surface area contributed by atoms with E-state index in [-0.39, 0.29) is 6.04 Å². The summed E-state index contributed by atoms with van der Waals surface area (Å²) in [5.74, 6) is 0. The molecule has 1 aliphatic rings. The molecule has 0 saturated heterocycles. The highest BCUT2D eigenvalue weighted by Gasteiger charge is 2.28. The standard InChI is InChI=1S/C14H20N2O2S3/c1-20-12-5-4-11(9-12)16-21(17,18)13-6-2-10(3-7-13)8-14(15)19/h2-3,6-7,11-12,16H,4-5,8-9H2,1H3,(H2,15,19). The molecule has 1 aromatic rings. The molecule has 0 radical (unpaired) electrons. The third-order valence-electron chi connectivity index (χ3n) is 3.65. The Morgan fingerprint density at radius 2 is 2.05 bits per heavy atom. The molecule has 7 heteroatoms. The molecule has 21 heavy (non-hydrogen) atoms. The fourth-order valence-electron chi connectivity index (χ4n) is 2.54. The fourth-order valence-corrected chi connectivity index (χ4v) is 4.78. The minimum atomic E-state index is -3.44. The van der Waals surface area contributed by atoms with Crippen LogP contribution in [0.25, 0.3) is 0 Å². The number of thiocarbonyl (C=S) groups is 1. The van der Waals surface area contributed by atoms with Gasteiger partial charge in [0.1, 0.15) is 0 Å². The van der Waals surface area contributed by atoms with Gasteiger partial charge < -0.3 is 5.73 Å². The Bertz CT molecular complexity index is 599. The number of nitrogens with two attached hydrogens (primary N) is 1. The zero-order valence-electron chi connectivity index (χ0n) is 11.9. The highest BCUT2D eigenvalue weighted by atomic mass is 32.2. The summed E-state index contributed by atoms with van der Waals surface area (Å²) in [6.45, 7) is 0. The maximum Gasteiger partial charge on any atom is 0.240 e. The summed E-state index contributed by atoms with van der Waals surface area (Å²) < 4.78 is 27.5. The van der Waals surface area contributed by atoms with Gasteiger partial charge in [0.15, 0.2) is 0 Å². The molecular weight excluding hydrogens is 324 g/mol. The van der Waals surface area contributed by atoms with Gasteiger partial charge in [-0.1, -0.05) is 24.4 Å². The third kappa shape index (κ3) is 4.67. The van der Waals surface area contributed by atoms with E-state index >= 15 is 0 Å². The highest BCUT2D eigenvalue weighted by molar-refractivity contribution is 7.99. The van der Waals surface area contributed by atoms with Crippen LogP contribution in [0.2, 0.25) is 0 Å². The molecule has 0 amide bonds. The molecule has 3 N–H and O–H groups in total. The summed E-state index contributed by atoms with van der Waals surface area (Å²) >= 11 is 6.65. The lowest BCUT2D eigenvalue weighted by Crippen LogP contribution is -2.33. The Kier molecular flexibility index (Phi) is 5.65. The first-order chi connectivity index (χ1) is 9.90. The summed E-state index contributed by atoms with van der Waals surface area (Å²) in [6, 6.07) is 6.78. The molecule has 1 fully saturated rings. The first-order valence-electron chi connectivity index (χ1n) is 6.83. The summed E-state index contributed by atoms with van der Waals surface area (Å²) in [4.78, 5) is 0.694. The molecule has 1 saturated carbocycles. The van der Waals surface area contributed by atoms with E-state index in [1.807, 2.05) is 0 Å². The van der Waals surface area contributed by atoms with E-state index < -0.39 is 10.0 Å². The van der Waals surface area contributed by atoms with Crippen LogP contribution in [0.3, 0.4) is 0 Å². The van der Waals surface area contributed by atoms with Crippen molar-refractivity contribution in [1.29, 1.82) is 0 Å². The molecule has 1 aliphatic carbocycles. The Balaban J connectivity index is 2.04. The number of hydrogen-bond donors (Lipinski definition) is 2. The minimum Gasteiger partial charge on any atom is -0.393 e. The van der Waals surface area contributed by atoms with Gasteiger partial charge in [0.25, 0.3) is 0 Å². The molecule has 0 heterocycles. The lowest BCUT2D eigenvalue weighted by Gasteiger charge is -2.13. The molecule has 1 aromatic carbocycles. The molecule has 4 nitrogen and oxygen atoms in total. The van der Waals surface area contributed by atoms with Gasteiger partial charge in [0, 0.05) is 17.7 Å². The Morgan fingerprint density at radius 1 is 1.38 bits per heavy atom. The predicted molar refractivity (Wildman–Crippen MR) is 92.2 cm³/mol. The molecule has 0 bridgehead atoms. The van der Waals surface area contributed by atoms with Crippen molar-refractivity contribution in [3.8, 4) is 0 Å². The van der Waals surface area contributed by atoms with Gasteiger partial charge >= 0.3 is 0 Å². The fraction of sp³-hybridized carbons (Fsp3) is 0.500. The number of sulfonamides is 1. The number of benzene rings is 1. The zero-order valence-corrected chi connectivity index (χ0v) is 14.4. The van der Waals surface area contributed by atoms with Gasteiger partial charge in [-0.25, -0.2) is 13.1 Å². The van der Waals surface area contributed by atoms with Crippen LogP contribution >= 0.6 is 24.0 Å². The maximum atomic E-state index is 12.3. The van der Waals surface area contributed by atoms with Crippen molar-refractivity contribution in [3.63, 3.8) is 0 Å². The second-order valence-electron chi connectivity index (χ2n) is 5.28. The van der Waals surface area contributed by atoms with Crippen molar-refractivity contribution in [2.24, 2.45) is 5.73 Å². The van der Waals surface area contributed by atoms with Gasteiger partial charge in [0.05, 0.1) is 9.88 Å². The van der Waals surface area contributed by atoms with Crippen molar-refractivity contribution < 1.29 is 8.42 Å². The van der Waals surface area contributed by atoms with Crippen molar-refractivity contribution in [2.45, 2.75) is 41.9 Å². The molecule has 2 atom stereocenters.